The van der Waals surface area contributed by atoms with Crippen LogP contribution < -0.4 is 0 Å². The Labute approximate surface area is 98.5 Å². The van der Waals surface area contributed by atoms with Gasteiger partial charge in [-0.3, -0.25) is 4.79 Å². The summed E-state index contributed by atoms with van der Waals surface area (Å²) in [5, 5.41) is -0.164. The summed E-state index contributed by atoms with van der Waals surface area (Å²) in [7, 11) is -2.89. The third kappa shape index (κ3) is 4.24. The van der Waals surface area contributed by atoms with E-state index in [1.165, 1.54) is 6.26 Å². The first-order valence-electron chi connectivity index (χ1n) is 6.14. The summed E-state index contributed by atoms with van der Waals surface area (Å²) < 4.78 is 22.9. The van der Waals surface area contributed by atoms with Crippen molar-refractivity contribution in [3.05, 3.63) is 0 Å². The zero-order valence-corrected chi connectivity index (χ0v) is 11.1. The summed E-state index contributed by atoms with van der Waals surface area (Å²) in [5.74, 6) is 0.727. The molecule has 0 saturated heterocycles. The predicted octanol–water partition coefficient (Wildman–Crippen LogP) is 2.35. The highest BCUT2D eigenvalue weighted by molar-refractivity contribution is 7.91. The second-order valence-corrected chi connectivity index (χ2v) is 7.24. The SMILES string of the molecule is CCC(=O)CCC1CCCC(S(C)(=O)=O)C1. The molecular formula is C12H22O3S. The Morgan fingerprint density at radius 1 is 1.31 bits per heavy atom. The topological polar surface area (TPSA) is 51.2 Å². The van der Waals surface area contributed by atoms with Gasteiger partial charge in [0.2, 0.25) is 0 Å². The minimum absolute atomic E-state index is 0.164. The lowest BCUT2D eigenvalue weighted by Crippen LogP contribution is -2.27. The zero-order chi connectivity index (χ0) is 12.2. The molecule has 0 aromatic heterocycles. The molecular weight excluding hydrogens is 224 g/mol. The van der Waals surface area contributed by atoms with Crippen molar-refractivity contribution < 1.29 is 13.2 Å². The van der Waals surface area contributed by atoms with Gasteiger partial charge in [0.25, 0.3) is 0 Å². The highest BCUT2D eigenvalue weighted by Crippen LogP contribution is 2.31. The van der Waals surface area contributed by atoms with E-state index < -0.39 is 9.84 Å². The third-order valence-corrected chi connectivity index (χ3v) is 5.21. The smallest absolute Gasteiger partial charge is 0.150 e. The van der Waals surface area contributed by atoms with E-state index >= 15 is 0 Å². The van der Waals surface area contributed by atoms with E-state index in [1.807, 2.05) is 6.92 Å². The standard InChI is InChI=1S/C12H22O3S/c1-3-11(13)8-7-10-5-4-6-12(9-10)16(2,14)15/h10,12H,3-9H2,1-2H3. The van der Waals surface area contributed by atoms with Gasteiger partial charge in [-0.1, -0.05) is 19.8 Å². The Morgan fingerprint density at radius 2 is 2.00 bits per heavy atom. The average molecular weight is 246 g/mol. The third-order valence-electron chi connectivity index (χ3n) is 3.57. The molecule has 0 aliphatic heterocycles. The molecule has 2 atom stereocenters. The average Bonchev–Trinajstić information content (AvgIpc) is 2.25. The largest absolute Gasteiger partial charge is 0.300 e. The van der Waals surface area contributed by atoms with E-state index in [1.54, 1.807) is 0 Å². The number of ketones is 1. The van der Waals surface area contributed by atoms with Crippen LogP contribution in [-0.2, 0) is 14.6 Å². The van der Waals surface area contributed by atoms with Crippen LogP contribution in [0.3, 0.4) is 0 Å². The highest BCUT2D eigenvalue weighted by atomic mass is 32.2. The minimum Gasteiger partial charge on any atom is -0.300 e. The molecule has 0 aromatic rings. The van der Waals surface area contributed by atoms with Crippen LogP contribution in [0.15, 0.2) is 0 Å². The summed E-state index contributed by atoms with van der Waals surface area (Å²) >= 11 is 0. The maximum Gasteiger partial charge on any atom is 0.150 e. The molecule has 0 bridgehead atoms. The van der Waals surface area contributed by atoms with Gasteiger partial charge in [0.1, 0.15) is 15.6 Å². The van der Waals surface area contributed by atoms with Crippen LogP contribution in [0.25, 0.3) is 0 Å². The van der Waals surface area contributed by atoms with Gasteiger partial charge in [-0.05, 0) is 25.2 Å². The maximum absolute atomic E-state index is 11.5. The van der Waals surface area contributed by atoms with Gasteiger partial charge in [0.15, 0.2) is 0 Å². The van der Waals surface area contributed by atoms with Crippen LogP contribution in [0.5, 0.6) is 0 Å². The fourth-order valence-corrected chi connectivity index (χ4v) is 3.65. The van der Waals surface area contributed by atoms with Crippen molar-refractivity contribution >= 4 is 15.6 Å². The van der Waals surface area contributed by atoms with Crippen molar-refractivity contribution in [3.63, 3.8) is 0 Å². The van der Waals surface area contributed by atoms with Crippen molar-refractivity contribution in [1.82, 2.24) is 0 Å². The summed E-state index contributed by atoms with van der Waals surface area (Å²) in [6.45, 7) is 1.88. The fraction of sp³-hybridized carbons (Fsp3) is 0.917. The van der Waals surface area contributed by atoms with Crippen molar-refractivity contribution in [2.75, 3.05) is 6.26 Å². The number of sulfone groups is 1. The number of rotatable bonds is 5. The summed E-state index contributed by atoms with van der Waals surface area (Å²) in [4.78, 5) is 11.2. The Balaban J connectivity index is 2.42. The lowest BCUT2D eigenvalue weighted by molar-refractivity contribution is -0.119. The van der Waals surface area contributed by atoms with Crippen molar-refractivity contribution in [1.29, 1.82) is 0 Å². The summed E-state index contributed by atoms with van der Waals surface area (Å²) in [5.41, 5.74) is 0. The molecule has 4 heteroatoms. The molecule has 1 saturated carbocycles. The quantitative estimate of drug-likeness (QED) is 0.748. The van der Waals surface area contributed by atoms with E-state index in [0.29, 0.717) is 24.5 Å². The van der Waals surface area contributed by atoms with E-state index in [2.05, 4.69) is 0 Å². The Hall–Kier alpha value is -0.380. The second-order valence-electron chi connectivity index (χ2n) is 4.92. The van der Waals surface area contributed by atoms with E-state index in [0.717, 1.165) is 32.1 Å². The summed E-state index contributed by atoms with van der Waals surface area (Å²) in [6, 6.07) is 0. The molecule has 0 radical (unpaired) electrons. The number of carbonyl (C=O) groups is 1. The molecule has 3 nitrogen and oxygen atoms in total. The Bertz CT molecular complexity index is 332. The van der Waals surface area contributed by atoms with Crippen molar-refractivity contribution in [2.24, 2.45) is 5.92 Å². The van der Waals surface area contributed by atoms with E-state index in [-0.39, 0.29) is 5.25 Å². The molecule has 2 unspecified atom stereocenters. The van der Waals surface area contributed by atoms with Crippen LogP contribution >= 0.6 is 0 Å². The van der Waals surface area contributed by atoms with Crippen molar-refractivity contribution in [3.8, 4) is 0 Å². The number of Topliss-reactive ketones (excluding diaryl/α,β-unsaturated/α-hetero) is 1. The van der Waals surface area contributed by atoms with Crippen LogP contribution in [0.2, 0.25) is 0 Å². The Morgan fingerprint density at radius 3 is 2.56 bits per heavy atom. The van der Waals surface area contributed by atoms with Gasteiger partial charge in [-0.25, -0.2) is 8.42 Å². The second kappa shape index (κ2) is 5.80. The van der Waals surface area contributed by atoms with Crippen molar-refractivity contribution in [2.45, 2.75) is 57.1 Å². The van der Waals surface area contributed by atoms with Crippen LogP contribution in [-0.4, -0.2) is 25.7 Å². The highest BCUT2D eigenvalue weighted by Gasteiger charge is 2.28. The predicted molar refractivity (Wildman–Crippen MR) is 65.1 cm³/mol. The van der Waals surface area contributed by atoms with E-state index in [9.17, 15) is 13.2 Å². The molecule has 1 aliphatic carbocycles. The lowest BCUT2D eigenvalue weighted by Gasteiger charge is -2.27. The van der Waals surface area contributed by atoms with Crippen LogP contribution in [0.4, 0.5) is 0 Å². The number of hydrogen-bond donors (Lipinski definition) is 0. The van der Waals surface area contributed by atoms with Gasteiger partial charge >= 0.3 is 0 Å². The fourth-order valence-electron chi connectivity index (χ4n) is 2.43. The van der Waals surface area contributed by atoms with Gasteiger partial charge in [0.05, 0.1) is 5.25 Å². The van der Waals surface area contributed by atoms with Gasteiger partial charge in [-0.15, -0.1) is 0 Å². The monoisotopic (exact) mass is 246 g/mol. The molecule has 16 heavy (non-hydrogen) atoms. The molecule has 0 aromatic carbocycles. The first-order chi connectivity index (χ1) is 7.43. The van der Waals surface area contributed by atoms with Gasteiger partial charge in [0, 0.05) is 19.1 Å². The molecule has 1 aliphatic rings. The van der Waals surface area contributed by atoms with Gasteiger partial charge < -0.3 is 0 Å². The summed E-state index contributed by atoms with van der Waals surface area (Å²) in [6.07, 6.45) is 7.06. The first-order valence-corrected chi connectivity index (χ1v) is 8.09. The molecule has 94 valence electrons. The first kappa shape index (κ1) is 13.7. The Kier molecular flexibility index (Phi) is 4.96. The van der Waals surface area contributed by atoms with E-state index in [4.69, 9.17) is 0 Å². The number of carbonyl (C=O) groups excluding carboxylic acids is 1. The zero-order valence-electron chi connectivity index (χ0n) is 10.2. The normalized spacial score (nSPS) is 26.6. The lowest BCUT2D eigenvalue weighted by atomic mass is 9.85. The molecule has 0 heterocycles. The molecule has 1 fully saturated rings. The van der Waals surface area contributed by atoms with Gasteiger partial charge in [-0.2, -0.15) is 0 Å². The minimum atomic E-state index is -2.89. The number of hydrogen-bond acceptors (Lipinski definition) is 3. The maximum atomic E-state index is 11.5. The molecule has 1 rings (SSSR count). The molecule has 0 N–H and O–H groups in total. The van der Waals surface area contributed by atoms with Crippen LogP contribution in [0.1, 0.15) is 51.9 Å². The molecule has 0 spiro atoms. The van der Waals surface area contributed by atoms with Crippen LogP contribution in [0, 0.1) is 5.92 Å². The molecule has 0 amide bonds.